The van der Waals surface area contributed by atoms with Crippen molar-refractivity contribution in [3.05, 3.63) is 23.3 Å². The van der Waals surface area contributed by atoms with Crippen LogP contribution in [-0.4, -0.2) is 19.2 Å². The molecule has 0 unspecified atom stereocenters. The molecule has 1 rings (SSSR count). The predicted octanol–water partition coefficient (Wildman–Crippen LogP) is 0.0231. The second-order valence-corrected chi connectivity index (χ2v) is 2.77. The molecule has 0 aliphatic heterocycles. The van der Waals surface area contributed by atoms with Gasteiger partial charge in [0.15, 0.2) is 6.29 Å². The van der Waals surface area contributed by atoms with Crippen LogP contribution in [0.1, 0.15) is 20.7 Å². The molecule has 0 saturated heterocycles. The average molecular weight is 193 g/mol. The maximum absolute atomic E-state index is 11.3. The van der Waals surface area contributed by atoms with Crippen molar-refractivity contribution in [2.24, 2.45) is 0 Å². The minimum Gasteiger partial charge on any atom is -0.397 e. The number of rotatable bonds is 2. The van der Waals surface area contributed by atoms with Gasteiger partial charge >= 0.3 is 0 Å². The first kappa shape index (κ1) is 10.0. The molecule has 74 valence electrons. The van der Waals surface area contributed by atoms with Gasteiger partial charge < -0.3 is 16.8 Å². The van der Waals surface area contributed by atoms with Gasteiger partial charge in [-0.05, 0) is 12.1 Å². The van der Waals surface area contributed by atoms with E-state index in [1.165, 1.54) is 19.2 Å². The first-order valence-corrected chi connectivity index (χ1v) is 3.96. The fraction of sp³-hybridized carbons (Fsp3) is 0.111. The van der Waals surface area contributed by atoms with Crippen LogP contribution >= 0.6 is 0 Å². The van der Waals surface area contributed by atoms with E-state index < -0.39 is 0 Å². The molecule has 0 saturated carbocycles. The standard InChI is InChI=1S/C9H11N3O2/c1-12-9(14)6-3-8(11)7(10)2-5(6)4-13/h2-4H,10-11H2,1H3,(H,12,14). The minimum absolute atomic E-state index is 0.231. The lowest BCUT2D eigenvalue weighted by atomic mass is 10.1. The topological polar surface area (TPSA) is 98.2 Å². The quantitative estimate of drug-likeness (QED) is 0.455. The zero-order valence-corrected chi connectivity index (χ0v) is 7.70. The highest BCUT2D eigenvalue weighted by molar-refractivity contribution is 6.03. The Kier molecular flexibility index (Phi) is 2.71. The maximum Gasteiger partial charge on any atom is 0.251 e. The Hall–Kier alpha value is -2.04. The van der Waals surface area contributed by atoms with Gasteiger partial charge in [0, 0.05) is 12.6 Å². The van der Waals surface area contributed by atoms with Crippen LogP contribution in [0.15, 0.2) is 12.1 Å². The fourth-order valence-corrected chi connectivity index (χ4v) is 1.08. The Balaban J connectivity index is 3.34. The molecule has 0 aromatic heterocycles. The number of hydrogen-bond donors (Lipinski definition) is 3. The van der Waals surface area contributed by atoms with E-state index >= 15 is 0 Å². The third-order valence-corrected chi connectivity index (χ3v) is 1.85. The van der Waals surface area contributed by atoms with Crippen LogP contribution in [-0.2, 0) is 0 Å². The van der Waals surface area contributed by atoms with E-state index in [1.807, 2.05) is 0 Å². The third kappa shape index (κ3) is 1.66. The molecule has 5 N–H and O–H groups in total. The molecule has 0 aliphatic rings. The summed E-state index contributed by atoms with van der Waals surface area (Å²) in [5, 5.41) is 2.41. The van der Waals surface area contributed by atoms with Crippen molar-refractivity contribution in [2.75, 3.05) is 18.5 Å². The number of anilines is 2. The minimum atomic E-state index is -0.362. The van der Waals surface area contributed by atoms with E-state index in [0.29, 0.717) is 12.0 Å². The van der Waals surface area contributed by atoms with Gasteiger partial charge in [-0.2, -0.15) is 0 Å². The first-order chi connectivity index (χ1) is 6.60. The first-order valence-electron chi connectivity index (χ1n) is 3.96. The van der Waals surface area contributed by atoms with E-state index in [2.05, 4.69) is 5.32 Å². The Morgan fingerprint density at radius 2 is 1.93 bits per heavy atom. The number of carbonyl (C=O) groups is 2. The molecule has 5 nitrogen and oxygen atoms in total. The molecule has 1 amide bonds. The summed E-state index contributed by atoms with van der Waals surface area (Å²) >= 11 is 0. The van der Waals surface area contributed by atoms with Crippen molar-refractivity contribution >= 4 is 23.6 Å². The molecule has 0 fully saturated rings. The average Bonchev–Trinajstić information content (AvgIpc) is 2.20. The van der Waals surface area contributed by atoms with Gasteiger partial charge in [0.2, 0.25) is 0 Å². The smallest absolute Gasteiger partial charge is 0.251 e. The molecule has 0 bridgehead atoms. The van der Waals surface area contributed by atoms with Gasteiger partial charge in [0.05, 0.1) is 16.9 Å². The lowest BCUT2D eigenvalue weighted by Crippen LogP contribution is -2.20. The summed E-state index contributed by atoms with van der Waals surface area (Å²) in [6.07, 6.45) is 0.570. The van der Waals surface area contributed by atoms with Gasteiger partial charge in [-0.1, -0.05) is 0 Å². The Morgan fingerprint density at radius 1 is 1.36 bits per heavy atom. The molecule has 5 heteroatoms. The Labute approximate surface area is 81.1 Å². The van der Waals surface area contributed by atoms with E-state index in [-0.39, 0.29) is 22.7 Å². The second kappa shape index (κ2) is 3.78. The van der Waals surface area contributed by atoms with Crippen LogP contribution in [0.3, 0.4) is 0 Å². The monoisotopic (exact) mass is 193 g/mol. The second-order valence-electron chi connectivity index (χ2n) is 2.77. The fourth-order valence-electron chi connectivity index (χ4n) is 1.08. The number of nitrogens with one attached hydrogen (secondary N) is 1. The highest BCUT2D eigenvalue weighted by Gasteiger charge is 2.11. The number of nitrogens with two attached hydrogens (primary N) is 2. The maximum atomic E-state index is 11.3. The lowest BCUT2D eigenvalue weighted by molar-refractivity contribution is 0.0957. The number of benzene rings is 1. The molecule has 0 aliphatic carbocycles. The normalized spacial score (nSPS) is 9.50. The zero-order chi connectivity index (χ0) is 10.7. The highest BCUT2D eigenvalue weighted by atomic mass is 16.1. The molecular weight excluding hydrogens is 182 g/mol. The summed E-state index contributed by atoms with van der Waals surface area (Å²) in [7, 11) is 1.48. The van der Waals surface area contributed by atoms with Crippen LogP contribution in [0.25, 0.3) is 0 Å². The summed E-state index contributed by atoms with van der Waals surface area (Å²) in [6.45, 7) is 0. The molecule has 0 radical (unpaired) electrons. The van der Waals surface area contributed by atoms with Crippen molar-refractivity contribution in [2.45, 2.75) is 0 Å². The molecule has 0 spiro atoms. The SMILES string of the molecule is CNC(=O)c1cc(N)c(N)cc1C=O. The van der Waals surface area contributed by atoms with Gasteiger partial charge in [0.1, 0.15) is 0 Å². The van der Waals surface area contributed by atoms with Crippen molar-refractivity contribution in [1.29, 1.82) is 0 Å². The van der Waals surface area contributed by atoms with E-state index in [9.17, 15) is 9.59 Å². The highest BCUT2D eigenvalue weighted by Crippen LogP contribution is 2.19. The molecule has 0 heterocycles. The van der Waals surface area contributed by atoms with Gasteiger partial charge in [-0.3, -0.25) is 9.59 Å². The van der Waals surface area contributed by atoms with Crippen molar-refractivity contribution in [1.82, 2.24) is 5.32 Å². The van der Waals surface area contributed by atoms with Gasteiger partial charge in [-0.25, -0.2) is 0 Å². The Morgan fingerprint density at radius 3 is 2.43 bits per heavy atom. The van der Waals surface area contributed by atoms with Crippen LogP contribution < -0.4 is 16.8 Å². The van der Waals surface area contributed by atoms with Crippen LogP contribution in [0, 0.1) is 0 Å². The van der Waals surface area contributed by atoms with Crippen molar-refractivity contribution in [3.63, 3.8) is 0 Å². The van der Waals surface area contributed by atoms with Gasteiger partial charge in [-0.15, -0.1) is 0 Å². The van der Waals surface area contributed by atoms with E-state index in [0.717, 1.165) is 0 Å². The number of nitrogen functional groups attached to an aromatic ring is 2. The summed E-state index contributed by atoms with van der Waals surface area (Å²) in [5.74, 6) is -0.362. The van der Waals surface area contributed by atoms with E-state index in [1.54, 1.807) is 0 Å². The largest absolute Gasteiger partial charge is 0.397 e. The van der Waals surface area contributed by atoms with Crippen molar-refractivity contribution < 1.29 is 9.59 Å². The lowest BCUT2D eigenvalue weighted by Gasteiger charge is -2.06. The van der Waals surface area contributed by atoms with Crippen LogP contribution in [0.5, 0.6) is 0 Å². The molecule has 0 atom stereocenters. The molecular formula is C9H11N3O2. The molecule has 1 aromatic rings. The summed E-state index contributed by atoms with van der Waals surface area (Å²) < 4.78 is 0. The van der Waals surface area contributed by atoms with Crippen molar-refractivity contribution in [3.8, 4) is 0 Å². The number of carbonyl (C=O) groups excluding carboxylic acids is 2. The van der Waals surface area contributed by atoms with Crippen LogP contribution in [0.4, 0.5) is 11.4 Å². The van der Waals surface area contributed by atoms with Gasteiger partial charge in [0.25, 0.3) is 5.91 Å². The number of amides is 1. The summed E-state index contributed by atoms with van der Waals surface area (Å²) in [4.78, 5) is 21.9. The number of hydrogen-bond acceptors (Lipinski definition) is 4. The van der Waals surface area contributed by atoms with Crippen LogP contribution in [0.2, 0.25) is 0 Å². The Bertz CT molecular complexity index is 388. The molecule has 14 heavy (non-hydrogen) atoms. The zero-order valence-electron chi connectivity index (χ0n) is 7.70. The predicted molar refractivity (Wildman–Crippen MR) is 54.0 cm³/mol. The summed E-state index contributed by atoms with van der Waals surface area (Å²) in [6, 6.07) is 2.77. The third-order valence-electron chi connectivity index (χ3n) is 1.85. The molecule has 1 aromatic carbocycles. The summed E-state index contributed by atoms with van der Waals surface area (Å²) in [5.41, 5.74) is 12.0. The van der Waals surface area contributed by atoms with E-state index in [4.69, 9.17) is 11.5 Å². The number of aldehydes is 1.